The maximum atomic E-state index is 11.4. The Hall–Kier alpha value is -2.66. The highest BCUT2D eigenvalue weighted by atomic mass is 16.5. The summed E-state index contributed by atoms with van der Waals surface area (Å²) in [5.41, 5.74) is 5.05. The fourth-order valence-electron chi connectivity index (χ4n) is 2.16. The molecule has 0 heterocycles. The first-order chi connectivity index (χ1) is 10.7. The van der Waals surface area contributed by atoms with Crippen molar-refractivity contribution in [1.82, 2.24) is 5.48 Å². The molecule has 0 aliphatic carbocycles. The van der Waals surface area contributed by atoms with Crippen LogP contribution in [0.1, 0.15) is 18.1 Å². The molecule has 22 heavy (non-hydrogen) atoms. The highest BCUT2D eigenvalue weighted by Crippen LogP contribution is 2.24. The van der Waals surface area contributed by atoms with Crippen molar-refractivity contribution in [2.24, 2.45) is 0 Å². The zero-order valence-electron chi connectivity index (χ0n) is 12.3. The van der Waals surface area contributed by atoms with Crippen molar-refractivity contribution in [3.05, 3.63) is 59.7 Å². The summed E-state index contributed by atoms with van der Waals surface area (Å²) in [5.74, 6) is -0.477. The summed E-state index contributed by atoms with van der Waals surface area (Å²) < 4.78 is 0. The Labute approximate surface area is 129 Å². The molecule has 0 bridgehead atoms. The molecule has 0 aliphatic heterocycles. The van der Waals surface area contributed by atoms with Gasteiger partial charge in [-0.15, -0.1) is 0 Å². The van der Waals surface area contributed by atoms with Gasteiger partial charge in [-0.3, -0.25) is 19.7 Å². The molecule has 2 amide bonds. The van der Waals surface area contributed by atoms with Crippen molar-refractivity contribution in [3.63, 3.8) is 0 Å². The van der Waals surface area contributed by atoms with Gasteiger partial charge in [-0.05, 0) is 41.8 Å². The SMILES string of the molecule is CCc1ccc(N(C=O)c2ccc(CC(=O)NO)cc2)cc1. The predicted octanol–water partition coefficient (Wildman–Crippen LogP) is 2.59. The molecule has 0 spiro atoms. The molecular weight excluding hydrogens is 280 g/mol. The molecule has 0 radical (unpaired) electrons. The maximum Gasteiger partial charge on any atom is 0.247 e. The van der Waals surface area contributed by atoms with Crippen LogP contribution in [0.15, 0.2) is 48.5 Å². The number of rotatable bonds is 6. The fourth-order valence-corrected chi connectivity index (χ4v) is 2.16. The Bertz CT molecular complexity index is 636. The molecule has 0 fully saturated rings. The van der Waals surface area contributed by atoms with Gasteiger partial charge in [0.15, 0.2) is 0 Å². The van der Waals surface area contributed by atoms with Gasteiger partial charge in [0.25, 0.3) is 0 Å². The van der Waals surface area contributed by atoms with E-state index in [1.165, 1.54) is 10.5 Å². The van der Waals surface area contributed by atoms with Crippen LogP contribution in [0.2, 0.25) is 0 Å². The second-order valence-electron chi connectivity index (χ2n) is 4.87. The van der Waals surface area contributed by atoms with E-state index < -0.39 is 5.91 Å². The molecule has 2 N–H and O–H groups in total. The highest BCUT2D eigenvalue weighted by molar-refractivity contribution is 5.86. The summed E-state index contributed by atoms with van der Waals surface area (Å²) >= 11 is 0. The summed E-state index contributed by atoms with van der Waals surface area (Å²) in [5, 5.41) is 8.51. The van der Waals surface area contributed by atoms with E-state index in [9.17, 15) is 9.59 Å². The van der Waals surface area contributed by atoms with Crippen LogP contribution in [0, 0.1) is 0 Å². The normalized spacial score (nSPS) is 10.1. The molecule has 0 aromatic heterocycles. The number of anilines is 2. The number of nitrogens with one attached hydrogen (secondary N) is 1. The Balaban J connectivity index is 2.19. The smallest absolute Gasteiger partial charge is 0.247 e. The van der Waals surface area contributed by atoms with Crippen LogP contribution in [0.5, 0.6) is 0 Å². The molecule has 0 unspecified atom stereocenters. The minimum Gasteiger partial charge on any atom is -0.289 e. The van der Waals surface area contributed by atoms with Crippen molar-refractivity contribution >= 4 is 23.7 Å². The Kier molecular flexibility index (Phi) is 5.27. The topological polar surface area (TPSA) is 69.6 Å². The summed E-state index contributed by atoms with van der Waals surface area (Å²) in [6, 6.07) is 14.8. The van der Waals surface area contributed by atoms with Crippen LogP contribution in [0.3, 0.4) is 0 Å². The first-order valence-electron chi connectivity index (χ1n) is 7.03. The molecule has 5 nitrogen and oxygen atoms in total. The third-order valence-corrected chi connectivity index (χ3v) is 3.43. The predicted molar refractivity (Wildman–Crippen MR) is 84.1 cm³/mol. The van der Waals surface area contributed by atoms with E-state index in [0.717, 1.165) is 24.1 Å². The standard InChI is InChI=1S/C17H18N2O3/c1-2-13-3-7-15(8-4-13)19(12-20)16-9-5-14(6-10-16)11-17(21)18-22/h3-10,12,22H,2,11H2,1H3,(H,18,21). The van der Waals surface area contributed by atoms with Gasteiger partial charge in [0.1, 0.15) is 0 Å². The quantitative estimate of drug-likeness (QED) is 0.489. The molecule has 2 aromatic rings. The molecule has 2 rings (SSSR count). The molecule has 0 saturated heterocycles. The Morgan fingerprint density at radius 1 is 1.05 bits per heavy atom. The van der Waals surface area contributed by atoms with E-state index in [0.29, 0.717) is 5.69 Å². The van der Waals surface area contributed by atoms with E-state index in [4.69, 9.17) is 5.21 Å². The van der Waals surface area contributed by atoms with Crippen molar-refractivity contribution in [2.45, 2.75) is 19.8 Å². The number of benzene rings is 2. The average molecular weight is 298 g/mol. The largest absolute Gasteiger partial charge is 0.289 e. The number of hydrogen-bond acceptors (Lipinski definition) is 3. The van der Waals surface area contributed by atoms with Crippen molar-refractivity contribution in [3.8, 4) is 0 Å². The summed E-state index contributed by atoms with van der Waals surface area (Å²) in [6.45, 7) is 2.08. The lowest BCUT2D eigenvalue weighted by Gasteiger charge is -2.18. The van der Waals surface area contributed by atoms with E-state index in [-0.39, 0.29) is 6.42 Å². The monoisotopic (exact) mass is 298 g/mol. The average Bonchev–Trinajstić information content (AvgIpc) is 2.57. The lowest BCUT2D eigenvalue weighted by atomic mass is 10.1. The van der Waals surface area contributed by atoms with Crippen molar-refractivity contribution in [1.29, 1.82) is 0 Å². The number of carbonyl (C=O) groups excluding carboxylic acids is 2. The van der Waals surface area contributed by atoms with Crippen LogP contribution < -0.4 is 10.4 Å². The number of hydrogen-bond donors (Lipinski definition) is 2. The number of aryl methyl sites for hydroxylation is 1. The van der Waals surface area contributed by atoms with E-state index in [2.05, 4.69) is 6.92 Å². The third kappa shape index (κ3) is 3.71. The number of hydroxylamine groups is 1. The molecule has 0 aliphatic rings. The first-order valence-corrected chi connectivity index (χ1v) is 7.03. The van der Waals surface area contributed by atoms with Gasteiger partial charge in [-0.1, -0.05) is 31.2 Å². The number of nitrogens with zero attached hydrogens (tertiary/aromatic N) is 1. The Morgan fingerprint density at radius 2 is 1.55 bits per heavy atom. The minimum absolute atomic E-state index is 0.0864. The number of carbonyl (C=O) groups is 2. The molecule has 114 valence electrons. The first kappa shape index (κ1) is 15.7. The zero-order chi connectivity index (χ0) is 15.9. The van der Waals surface area contributed by atoms with E-state index >= 15 is 0 Å². The van der Waals surface area contributed by atoms with Gasteiger partial charge < -0.3 is 0 Å². The third-order valence-electron chi connectivity index (χ3n) is 3.43. The van der Waals surface area contributed by atoms with Crippen LogP contribution >= 0.6 is 0 Å². The van der Waals surface area contributed by atoms with Gasteiger partial charge in [-0.2, -0.15) is 0 Å². The molecule has 2 aromatic carbocycles. The van der Waals surface area contributed by atoms with Gasteiger partial charge in [0, 0.05) is 11.4 Å². The van der Waals surface area contributed by atoms with Crippen LogP contribution in [-0.4, -0.2) is 17.5 Å². The fraction of sp³-hybridized carbons (Fsp3) is 0.176. The second kappa shape index (κ2) is 7.38. The van der Waals surface area contributed by atoms with Gasteiger partial charge in [0.05, 0.1) is 6.42 Å². The zero-order valence-corrected chi connectivity index (χ0v) is 12.3. The van der Waals surface area contributed by atoms with E-state index in [1.807, 2.05) is 24.3 Å². The Morgan fingerprint density at radius 3 is 1.95 bits per heavy atom. The highest BCUT2D eigenvalue weighted by Gasteiger charge is 2.09. The minimum atomic E-state index is -0.477. The van der Waals surface area contributed by atoms with Gasteiger partial charge in [0.2, 0.25) is 12.3 Å². The number of amides is 2. The summed E-state index contributed by atoms with van der Waals surface area (Å²) in [7, 11) is 0. The second-order valence-corrected chi connectivity index (χ2v) is 4.87. The van der Waals surface area contributed by atoms with Crippen molar-refractivity contribution < 1.29 is 14.8 Å². The lowest BCUT2D eigenvalue weighted by Crippen LogP contribution is -2.20. The molecule has 0 atom stereocenters. The van der Waals surface area contributed by atoms with Gasteiger partial charge in [-0.25, -0.2) is 5.48 Å². The van der Waals surface area contributed by atoms with Crippen LogP contribution in [-0.2, 0) is 22.4 Å². The van der Waals surface area contributed by atoms with Crippen LogP contribution in [0.4, 0.5) is 11.4 Å². The molecule has 0 saturated carbocycles. The summed E-state index contributed by atoms with van der Waals surface area (Å²) in [6.07, 6.45) is 1.79. The van der Waals surface area contributed by atoms with Gasteiger partial charge >= 0.3 is 0 Å². The lowest BCUT2D eigenvalue weighted by molar-refractivity contribution is -0.128. The maximum absolute atomic E-state index is 11.4. The van der Waals surface area contributed by atoms with E-state index in [1.54, 1.807) is 29.7 Å². The van der Waals surface area contributed by atoms with Crippen molar-refractivity contribution in [2.75, 3.05) is 4.90 Å². The summed E-state index contributed by atoms with van der Waals surface area (Å²) in [4.78, 5) is 24.0. The molecular formula is C17H18N2O3. The van der Waals surface area contributed by atoms with Crippen LogP contribution in [0.25, 0.3) is 0 Å². The molecule has 5 heteroatoms.